The summed E-state index contributed by atoms with van der Waals surface area (Å²) in [6.07, 6.45) is 5.85. The molecule has 0 spiro atoms. The van der Waals surface area contributed by atoms with Crippen molar-refractivity contribution in [1.29, 1.82) is 0 Å². The summed E-state index contributed by atoms with van der Waals surface area (Å²) in [7, 11) is 11.0. The van der Waals surface area contributed by atoms with E-state index < -0.39 is 20.8 Å². The Morgan fingerprint density at radius 1 is 0.778 bits per heavy atom. The molecular formula is C32H40Cl2SiZr. The van der Waals surface area contributed by atoms with Crippen LogP contribution in [0.5, 0.6) is 0 Å². The number of hydrogen-bond donors (Lipinski definition) is 0. The molecule has 0 bridgehead atoms. The van der Waals surface area contributed by atoms with Crippen LogP contribution in [0.3, 0.4) is 0 Å². The summed E-state index contributed by atoms with van der Waals surface area (Å²) in [6.45, 7) is 20.9. The molecule has 0 saturated carbocycles. The Labute approximate surface area is 241 Å². The minimum atomic E-state index is -0.826. The van der Waals surface area contributed by atoms with Gasteiger partial charge in [-0.15, -0.1) is 82.2 Å². The summed E-state index contributed by atoms with van der Waals surface area (Å²) >= 11 is -0.826. The van der Waals surface area contributed by atoms with Crippen LogP contribution in [0.1, 0.15) is 61.8 Å². The molecule has 0 saturated heterocycles. The van der Waals surface area contributed by atoms with Crippen molar-refractivity contribution in [2.24, 2.45) is 0 Å². The van der Waals surface area contributed by atoms with E-state index in [0.29, 0.717) is 11.8 Å². The van der Waals surface area contributed by atoms with Gasteiger partial charge in [0.15, 0.2) is 0 Å². The zero-order chi connectivity index (χ0) is 27.1. The second-order valence-electron chi connectivity index (χ2n) is 9.28. The SMILES string of the molecule is C=CCc1cccc2[cH-]c(C(C)C)cc12.C=CCc1cccc2[cH-]c(C(C)C)cc12.C[Si]C.[Cl][Zr+2][Cl]. The monoisotopic (exact) mass is 612 g/mol. The maximum atomic E-state index is 4.93. The summed E-state index contributed by atoms with van der Waals surface area (Å²) in [4.78, 5) is 0. The van der Waals surface area contributed by atoms with Crippen molar-refractivity contribution in [1.82, 2.24) is 0 Å². The minimum absolute atomic E-state index is 0.606. The molecule has 0 aliphatic heterocycles. The van der Waals surface area contributed by atoms with E-state index in [1.807, 2.05) is 12.2 Å². The molecule has 4 aromatic rings. The van der Waals surface area contributed by atoms with Crippen LogP contribution in [0, 0.1) is 0 Å². The second-order valence-corrected chi connectivity index (χ2v) is 14.0. The zero-order valence-corrected chi connectivity index (χ0v) is 27.6. The van der Waals surface area contributed by atoms with Crippen molar-refractivity contribution in [2.45, 2.75) is 65.5 Å². The first-order chi connectivity index (χ1) is 17.3. The number of fused-ring (bicyclic) bond motifs is 2. The van der Waals surface area contributed by atoms with Crippen molar-refractivity contribution in [3.63, 3.8) is 0 Å². The Morgan fingerprint density at radius 2 is 1.11 bits per heavy atom. The van der Waals surface area contributed by atoms with E-state index in [4.69, 9.17) is 17.0 Å². The Balaban J connectivity index is 0.000000296. The number of hydrogen-bond acceptors (Lipinski definition) is 0. The van der Waals surface area contributed by atoms with Crippen LogP contribution >= 0.6 is 17.0 Å². The summed E-state index contributed by atoms with van der Waals surface area (Å²) in [5.74, 6) is 1.21. The molecule has 0 nitrogen and oxygen atoms in total. The van der Waals surface area contributed by atoms with Gasteiger partial charge in [0.25, 0.3) is 0 Å². The van der Waals surface area contributed by atoms with Crippen molar-refractivity contribution >= 4 is 48.1 Å². The van der Waals surface area contributed by atoms with E-state index >= 15 is 0 Å². The van der Waals surface area contributed by atoms with E-state index in [2.05, 4.69) is 115 Å². The molecular weight excluding hydrogens is 575 g/mol. The molecule has 0 fully saturated rings. The van der Waals surface area contributed by atoms with Crippen molar-refractivity contribution in [3.05, 3.63) is 108 Å². The predicted molar refractivity (Wildman–Crippen MR) is 164 cm³/mol. The van der Waals surface area contributed by atoms with Gasteiger partial charge in [-0.3, -0.25) is 0 Å². The van der Waals surface area contributed by atoms with Gasteiger partial charge in [-0.05, 0) is 24.7 Å². The number of rotatable bonds is 6. The van der Waals surface area contributed by atoms with Gasteiger partial charge in [0, 0.05) is 9.52 Å². The Kier molecular flexibility index (Phi) is 16.5. The fraction of sp³-hybridized carbons (Fsp3) is 0.312. The first-order valence-corrected chi connectivity index (χ1v) is 20.7. The fourth-order valence-corrected chi connectivity index (χ4v) is 3.98. The third kappa shape index (κ3) is 10.3. The van der Waals surface area contributed by atoms with Gasteiger partial charge in [-0.1, -0.05) is 76.2 Å². The molecule has 0 unspecified atom stereocenters. The fourth-order valence-electron chi connectivity index (χ4n) is 3.98. The summed E-state index contributed by atoms with van der Waals surface area (Å²) < 4.78 is 0. The second kappa shape index (κ2) is 18.1. The normalized spacial score (nSPS) is 10.1. The van der Waals surface area contributed by atoms with Crippen molar-refractivity contribution < 1.29 is 20.8 Å². The van der Waals surface area contributed by atoms with Gasteiger partial charge in [0.05, 0.1) is 0 Å². The van der Waals surface area contributed by atoms with E-state index in [9.17, 15) is 0 Å². The summed E-state index contributed by atoms with van der Waals surface area (Å²) in [5.41, 5.74) is 5.63. The molecule has 0 heterocycles. The Hall–Kier alpha value is -1.18. The number of benzene rings is 2. The van der Waals surface area contributed by atoms with Gasteiger partial charge in [-0.2, -0.15) is 12.1 Å². The molecule has 0 aromatic heterocycles. The van der Waals surface area contributed by atoms with Gasteiger partial charge in [0.2, 0.25) is 0 Å². The topological polar surface area (TPSA) is 0 Å². The third-order valence-corrected chi connectivity index (χ3v) is 5.79. The quantitative estimate of drug-likeness (QED) is 0.115. The first-order valence-electron chi connectivity index (χ1n) is 12.4. The molecule has 190 valence electrons. The van der Waals surface area contributed by atoms with E-state index in [1.165, 1.54) is 43.8 Å². The molecule has 2 radical (unpaired) electrons. The van der Waals surface area contributed by atoms with Crippen LogP contribution in [0.15, 0.2) is 86.0 Å². The van der Waals surface area contributed by atoms with E-state index in [-0.39, 0.29) is 0 Å². The average molecular weight is 615 g/mol. The molecule has 0 aliphatic rings. The summed E-state index contributed by atoms with van der Waals surface area (Å²) in [6, 6.07) is 22.2. The number of allylic oxidation sites excluding steroid dienone is 2. The zero-order valence-electron chi connectivity index (χ0n) is 22.7. The standard InChI is InChI=1S/2C15H17.C2H6Si.2ClH.Zr/c2*1-4-6-12-7-5-8-13-9-14(11(2)3)10-15(12)13;1-3-2;;;/h2*4-5,7-11H,1,6H2,2-3H3;1-2H3;2*1H;/q2*-1;;;;+4/p-2. The maximum absolute atomic E-state index is 4.93. The Morgan fingerprint density at radius 3 is 1.39 bits per heavy atom. The van der Waals surface area contributed by atoms with Gasteiger partial charge in [0.1, 0.15) is 0 Å². The molecule has 0 aliphatic carbocycles. The Bertz CT molecular complexity index is 1090. The van der Waals surface area contributed by atoms with E-state index in [1.54, 1.807) is 0 Å². The molecule has 4 heteroatoms. The van der Waals surface area contributed by atoms with Crippen molar-refractivity contribution in [3.8, 4) is 0 Å². The van der Waals surface area contributed by atoms with Crippen LogP contribution < -0.4 is 0 Å². The molecule has 0 N–H and O–H groups in total. The van der Waals surface area contributed by atoms with Crippen LogP contribution in [-0.2, 0) is 33.7 Å². The molecule has 0 atom stereocenters. The van der Waals surface area contributed by atoms with Gasteiger partial charge >= 0.3 is 37.9 Å². The number of halogens is 2. The van der Waals surface area contributed by atoms with Crippen LogP contribution in [0.2, 0.25) is 13.1 Å². The first kappa shape index (κ1) is 32.8. The van der Waals surface area contributed by atoms with E-state index in [0.717, 1.165) is 22.4 Å². The van der Waals surface area contributed by atoms with Crippen LogP contribution in [0.4, 0.5) is 0 Å². The van der Waals surface area contributed by atoms with Gasteiger partial charge in [-0.25, -0.2) is 0 Å². The van der Waals surface area contributed by atoms with Crippen molar-refractivity contribution in [2.75, 3.05) is 0 Å². The predicted octanol–water partition coefficient (Wildman–Crippen LogP) is 11.0. The molecule has 36 heavy (non-hydrogen) atoms. The molecule has 4 aromatic carbocycles. The third-order valence-electron chi connectivity index (χ3n) is 5.79. The van der Waals surface area contributed by atoms with Crippen LogP contribution in [-0.4, -0.2) is 9.52 Å². The average Bonchev–Trinajstić information content (AvgIpc) is 3.47. The molecule has 4 rings (SSSR count). The van der Waals surface area contributed by atoms with Gasteiger partial charge < -0.3 is 0 Å². The van der Waals surface area contributed by atoms with Crippen LogP contribution in [0.25, 0.3) is 21.5 Å². The summed E-state index contributed by atoms with van der Waals surface area (Å²) in [5, 5.41) is 5.50. The molecule has 0 amide bonds.